The molecule has 0 saturated carbocycles. The van der Waals surface area contributed by atoms with E-state index in [4.69, 9.17) is 10.00 Å². The summed E-state index contributed by atoms with van der Waals surface area (Å²) < 4.78 is 7.05. The Labute approximate surface area is 162 Å². The number of fused-ring (bicyclic) bond motifs is 3. The van der Waals surface area contributed by atoms with Crippen LogP contribution in [0.15, 0.2) is 54.7 Å². The molecule has 0 spiro atoms. The topological polar surface area (TPSA) is 92.8 Å². The van der Waals surface area contributed by atoms with Gasteiger partial charge in [0.2, 0.25) is 0 Å². The van der Waals surface area contributed by atoms with Crippen molar-refractivity contribution >= 4 is 6.09 Å². The SMILES string of the molecule is C[C@@H](Cn1cc(C#N)nn1)NC(=O)OCC1c2ccccc2-c2ccccc21. The minimum Gasteiger partial charge on any atom is -0.449 e. The number of benzene rings is 2. The number of ether oxygens (including phenoxy) is 1. The van der Waals surface area contributed by atoms with Crippen LogP contribution in [0.2, 0.25) is 0 Å². The number of nitrogens with one attached hydrogen (secondary N) is 1. The third-order valence-electron chi connectivity index (χ3n) is 4.82. The summed E-state index contributed by atoms with van der Waals surface area (Å²) >= 11 is 0. The highest BCUT2D eigenvalue weighted by Gasteiger charge is 2.29. The fourth-order valence-electron chi connectivity index (χ4n) is 3.61. The molecule has 3 aromatic rings. The molecule has 0 saturated heterocycles. The van der Waals surface area contributed by atoms with Gasteiger partial charge < -0.3 is 10.1 Å². The first-order chi connectivity index (χ1) is 13.7. The first-order valence-electron chi connectivity index (χ1n) is 9.07. The second kappa shape index (κ2) is 7.53. The molecule has 1 atom stereocenters. The van der Waals surface area contributed by atoms with Gasteiger partial charge in [-0.1, -0.05) is 53.7 Å². The standard InChI is InChI=1S/C21H19N5O2/c1-14(11-26-12-15(10-22)24-25-26)23-21(27)28-13-20-18-8-4-2-6-16(18)17-7-3-5-9-19(17)20/h2-9,12,14,20H,11,13H2,1H3,(H,23,27)/t14-/m0/s1. The Bertz CT molecular complexity index is 1010. The van der Waals surface area contributed by atoms with Gasteiger partial charge in [-0.05, 0) is 29.2 Å². The highest BCUT2D eigenvalue weighted by Crippen LogP contribution is 2.44. The minimum absolute atomic E-state index is 0.0296. The fourth-order valence-corrected chi connectivity index (χ4v) is 3.61. The molecular formula is C21H19N5O2. The van der Waals surface area contributed by atoms with E-state index in [1.165, 1.54) is 33.1 Å². The van der Waals surface area contributed by atoms with Crippen molar-refractivity contribution < 1.29 is 9.53 Å². The van der Waals surface area contributed by atoms with E-state index in [1.54, 1.807) is 0 Å². The van der Waals surface area contributed by atoms with Crippen molar-refractivity contribution in [2.45, 2.75) is 25.4 Å². The van der Waals surface area contributed by atoms with E-state index in [0.29, 0.717) is 6.54 Å². The number of rotatable bonds is 5. The number of hydrogen-bond acceptors (Lipinski definition) is 5. The Morgan fingerprint density at radius 2 is 1.86 bits per heavy atom. The molecule has 28 heavy (non-hydrogen) atoms. The van der Waals surface area contributed by atoms with Crippen molar-refractivity contribution in [3.63, 3.8) is 0 Å². The summed E-state index contributed by atoms with van der Waals surface area (Å²) in [5, 5.41) is 19.1. The third kappa shape index (κ3) is 3.45. The minimum atomic E-state index is -0.477. The summed E-state index contributed by atoms with van der Waals surface area (Å²) in [6, 6.07) is 18.1. The summed E-state index contributed by atoms with van der Waals surface area (Å²) in [4.78, 5) is 12.3. The van der Waals surface area contributed by atoms with E-state index in [-0.39, 0.29) is 24.3 Å². The molecule has 0 unspecified atom stereocenters. The molecule has 2 aromatic carbocycles. The van der Waals surface area contributed by atoms with Gasteiger partial charge in [-0.25, -0.2) is 9.48 Å². The molecule has 1 aliphatic rings. The molecule has 7 nitrogen and oxygen atoms in total. The number of carbonyl (C=O) groups is 1. The Morgan fingerprint density at radius 1 is 1.21 bits per heavy atom. The van der Waals surface area contributed by atoms with Crippen LogP contribution in [0.25, 0.3) is 11.1 Å². The molecule has 0 fully saturated rings. The first kappa shape index (κ1) is 17.7. The van der Waals surface area contributed by atoms with Crippen LogP contribution in [0.3, 0.4) is 0 Å². The van der Waals surface area contributed by atoms with Crippen LogP contribution in [-0.2, 0) is 11.3 Å². The number of carbonyl (C=O) groups excluding carboxylic acids is 1. The average molecular weight is 373 g/mol. The lowest BCUT2D eigenvalue weighted by atomic mass is 9.98. The summed E-state index contributed by atoms with van der Waals surface area (Å²) in [6.07, 6.45) is 1.06. The zero-order valence-corrected chi connectivity index (χ0v) is 15.4. The molecule has 1 N–H and O–H groups in total. The molecule has 0 bridgehead atoms. The van der Waals surface area contributed by atoms with Crippen LogP contribution in [0.1, 0.15) is 29.7 Å². The molecule has 1 heterocycles. The van der Waals surface area contributed by atoms with Crippen LogP contribution in [-0.4, -0.2) is 33.7 Å². The molecule has 0 aliphatic heterocycles. The maximum atomic E-state index is 12.3. The van der Waals surface area contributed by atoms with Crippen molar-refractivity contribution in [3.05, 3.63) is 71.5 Å². The number of aromatic nitrogens is 3. The highest BCUT2D eigenvalue weighted by atomic mass is 16.5. The molecule has 4 rings (SSSR count). The largest absolute Gasteiger partial charge is 0.449 e. The highest BCUT2D eigenvalue weighted by molar-refractivity contribution is 5.79. The number of amides is 1. The number of hydrogen-bond donors (Lipinski definition) is 1. The predicted octanol–water partition coefficient (Wildman–Crippen LogP) is 3.08. The number of nitriles is 1. The Balaban J connectivity index is 1.38. The first-order valence-corrected chi connectivity index (χ1v) is 9.07. The van der Waals surface area contributed by atoms with Gasteiger partial charge in [0, 0.05) is 12.0 Å². The Morgan fingerprint density at radius 3 is 2.46 bits per heavy atom. The van der Waals surface area contributed by atoms with E-state index in [2.05, 4.69) is 39.9 Å². The maximum Gasteiger partial charge on any atom is 0.407 e. The van der Waals surface area contributed by atoms with Crippen LogP contribution in [0, 0.1) is 11.3 Å². The van der Waals surface area contributed by atoms with Crippen molar-refractivity contribution in [1.29, 1.82) is 5.26 Å². The van der Waals surface area contributed by atoms with Gasteiger partial charge >= 0.3 is 6.09 Å². The van der Waals surface area contributed by atoms with E-state index in [0.717, 1.165) is 0 Å². The monoisotopic (exact) mass is 373 g/mol. The quantitative estimate of drug-likeness (QED) is 0.742. The number of alkyl carbamates (subject to hydrolysis) is 1. The molecular weight excluding hydrogens is 354 g/mol. The van der Waals surface area contributed by atoms with Crippen molar-refractivity contribution in [2.75, 3.05) is 6.61 Å². The van der Waals surface area contributed by atoms with E-state index < -0.39 is 6.09 Å². The molecule has 0 radical (unpaired) electrons. The van der Waals surface area contributed by atoms with Crippen molar-refractivity contribution in [2.24, 2.45) is 0 Å². The van der Waals surface area contributed by atoms with Crippen LogP contribution in [0.4, 0.5) is 4.79 Å². The van der Waals surface area contributed by atoms with Crippen molar-refractivity contribution in [1.82, 2.24) is 20.3 Å². The molecule has 1 amide bonds. The number of nitrogens with zero attached hydrogens (tertiary/aromatic N) is 4. The van der Waals surface area contributed by atoms with Gasteiger partial charge in [0.05, 0.1) is 12.7 Å². The van der Waals surface area contributed by atoms with E-state index in [1.807, 2.05) is 37.3 Å². The zero-order valence-electron chi connectivity index (χ0n) is 15.4. The second-order valence-corrected chi connectivity index (χ2v) is 6.81. The second-order valence-electron chi connectivity index (χ2n) is 6.81. The maximum absolute atomic E-state index is 12.3. The van der Waals surface area contributed by atoms with Crippen LogP contribution in [0.5, 0.6) is 0 Å². The van der Waals surface area contributed by atoms with Gasteiger partial charge in [0.15, 0.2) is 5.69 Å². The van der Waals surface area contributed by atoms with Gasteiger partial charge in [0.1, 0.15) is 12.7 Å². The summed E-state index contributed by atoms with van der Waals surface area (Å²) in [5.41, 5.74) is 4.99. The average Bonchev–Trinajstić information content (AvgIpc) is 3.28. The Hall–Kier alpha value is -3.66. The molecule has 7 heteroatoms. The third-order valence-corrected chi connectivity index (χ3v) is 4.82. The van der Waals surface area contributed by atoms with Crippen molar-refractivity contribution in [3.8, 4) is 17.2 Å². The predicted molar refractivity (Wildman–Crippen MR) is 102 cm³/mol. The van der Waals surface area contributed by atoms with Crippen LogP contribution < -0.4 is 5.32 Å². The smallest absolute Gasteiger partial charge is 0.407 e. The lowest BCUT2D eigenvalue weighted by Crippen LogP contribution is -2.36. The summed E-state index contributed by atoms with van der Waals surface area (Å²) in [7, 11) is 0. The Kier molecular flexibility index (Phi) is 4.77. The van der Waals surface area contributed by atoms with Crippen LogP contribution >= 0.6 is 0 Å². The van der Waals surface area contributed by atoms with Gasteiger partial charge in [-0.2, -0.15) is 5.26 Å². The lowest BCUT2D eigenvalue weighted by Gasteiger charge is -2.17. The summed E-state index contributed by atoms with van der Waals surface area (Å²) in [5.74, 6) is 0.0296. The molecule has 1 aliphatic carbocycles. The van der Waals surface area contributed by atoms with E-state index in [9.17, 15) is 4.79 Å². The summed E-state index contributed by atoms with van der Waals surface area (Å²) in [6.45, 7) is 2.52. The van der Waals surface area contributed by atoms with Gasteiger partial charge in [-0.15, -0.1) is 5.10 Å². The normalized spacial score (nSPS) is 13.3. The fraction of sp³-hybridized carbons (Fsp3) is 0.238. The molecule has 140 valence electrons. The van der Waals surface area contributed by atoms with Gasteiger partial charge in [0.25, 0.3) is 0 Å². The van der Waals surface area contributed by atoms with E-state index >= 15 is 0 Å². The zero-order chi connectivity index (χ0) is 19.5. The molecule has 1 aromatic heterocycles. The lowest BCUT2D eigenvalue weighted by molar-refractivity contribution is 0.138. The van der Waals surface area contributed by atoms with Gasteiger partial charge in [-0.3, -0.25) is 0 Å².